The van der Waals surface area contributed by atoms with Crippen LogP contribution in [-0.4, -0.2) is 38.2 Å². The van der Waals surface area contributed by atoms with Gasteiger partial charge < -0.3 is 0 Å². The van der Waals surface area contributed by atoms with Gasteiger partial charge in [-0.15, -0.1) is 0 Å². The van der Waals surface area contributed by atoms with Gasteiger partial charge in [-0.05, 0) is 6.92 Å². The lowest BCUT2D eigenvalue weighted by Gasteiger charge is -2.32. The van der Waals surface area contributed by atoms with E-state index >= 15 is 0 Å². The number of alkyl halides is 9. The summed E-state index contributed by atoms with van der Waals surface area (Å²) in [5.41, 5.74) is 0. The third-order valence-electron chi connectivity index (χ3n) is 1.75. The summed E-state index contributed by atoms with van der Waals surface area (Å²) in [6, 6.07) is 0. The standard InChI is InChI=1S/C6H5F9NO2S/c1-2-16-19(17,18)6(14,15)4(9,10)3(7,8)5(11,12)13/h16H,1-2H2. The molecule has 0 heterocycles. The van der Waals surface area contributed by atoms with E-state index in [2.05, 4.69) is 6.92 Å². The second kappa shape index (κ2) is 4.68. The Morgan fingerprint density at radius 3 is 1.47 bits per heavy atom. The fourth-order valence-corrected chi connectivity index (χ4v) is 1.67. The van der Waals surface area contributed by atoms with E-state index in [1.165, 1.54) is 0 Å². The van der Waals surface area contributed by atoms with Crippen molar-refractivity contribution in [1.29, 1.82) is 0 Å². The first-order chi connectivity index (χ1) is 8.06. The second-order valence-electron chi connectivity index (χ2n) is 3.06. The Balaban J connectivity index is 5.92. The van der Waals surface area contributed by atoms with Crippen LogP contribution < -0.4 is 4.72 Å². The van der Waals surface area contributed by atoms with Gasteiger partial charge in [0.25, 0.3) is 10.0 Å². The van der Waals surface area contributed by atoms with Crippen LogP contribution in [0.15, 0.2) is 0 Å². The van der Waals surface area contributed by atoms with Crippen LogP contribution in [-0.2, 0) is 10.0 Å². The van der Waals surface area contributed by atoms with Gasteiger partial charge in [-0.1, -0.05) is 0 Å². The van der Waals surface area contributed by atoms with Crippen molar-refractivity contribution >= 4 is 10.0 Å². The van der Waals surface area contributed by atoms with E-state index in [4.69, 9.17) is 0 Å². The summed E-state index contributed by atoms with van der Waals surface area (Å²) >= 11 is 0. The number of sulfonamides is 1. The molecule has 19 heavy (non-hydrogen) atoms. The zero-order chi connectivity index (χ0) is 15.9. The van der Waals surface area contributed by atoms with Crippen LogP contribution in [0.4, 0.5) is 39.5 Å². The molecule has 0 aliphatic carbocycles. The first-order valence-electron chi connectivity index (χ1n) is 4.05. The highest BCUT2D eigenvalue weighted by atomic mass is 32.2. The van der Waals surface area contributed by atoms with E-state index < -0.39 is 39.8 Å². The second-order valence-corrected chi connectivity index (χ2v) is 4.87. The van der Waals surface area contributed by atoms with Gasteiger partial charge in [0.05, 0.1) is 0 Å². The maximum absolute atomic E-state index is 12.8. The predicted octanol–water partition coefficient (Wildman–Crippen LogP) is 2.17. The van der Waals surface area contributed by atoms with Gasteiger partial charge >= 0.3 is 23.3 Å². The van der Waals surface area contributed by atoms with Crippen molar-refractivity contribution in [2.75, 3.05) is 6.54 Å². The SMILES string of the molecule is [CH2]CNS(=O)(=O)C(F)(F)C(F)(F)C(F)(F)C(F)(F)F. The van der Waals surface area contributed by atoms with Crippen LogP contribution in [0.3, 0.4) is 0 Å². The van der Waals surface area contributed by atoms with Crippen molar-refractivity contribution in [2.24, 2.45) is 0 Å². The van der Waals surface area contributed by atoms with E-state index in [0.29, 0.717) is 4.72 Å². The van der Waals surface area contributed by atoms with Gasteiger partial charge in [-0.3, -0.25) is 0 Å². The topological polar surface area (TPSA) is 46.2 Å². The molecule has 0 spiro atoms. The lowest BCUT2D eigenvalue weighted by Crippen LogP contribution is -2.64. The zero-order valence-corrected chi connectivity index (χ0v) is 9.36. The maximum Gasteiger partial charge on any atom is 0.460 e. The van der Waals surface area contributed by atoms with Gasteiger partial charge in [-0.2, -0.15) is 39.5 Å². The lowest BCUT2D eigenvalue weighted by molar-refractivity contribution is -0.382. The van der Waals surface area contributed by atoms with Gasteiger partial charge in [0.2, 0.25) is 0 Å². The molecule has 0 aliphatic rings. The average molecular weight is 326 g/mol. The van der Waals surface area contributed by atoms with Crippen molar-refractivity contribution in [3.05, 3.63) is 6.92 Å². The highest BCUT2D eigenvalue weighted by Gasteiger charge is 2.85. The fourth-order valence-electron chi connectivity index (χ4n) is 0.755. The summed E-state index contributed by atoms with van der Waals surface area (Å²) in [5.74, 6) is -14.5. The molecule has 0 saturated carbocycles. The molecule has 0 bridgehead atoms. The Bertz CT molecular complexity index is 426. The van der Waals surface area contributed by atoms with Crippen LogP contribution in [0, 0.1) is 6.92 Å². The van der Waals surface area contributed by atoms with E-state index in [1.54, 1.807) is 0 Å². The average Bonchev–Trinajstić information content (AvgIpc) is 2.14. The van der Waals surface area contributed by atoms with Crippen molar-refractivity contribution < 1.29 is 47.9 Å². The van der Waals surface area contributed by atoms with Gasteiger partial charge in [0, 0.05) is 6.54 Å². The molecule has 1 N–H and O–H groups in total. The van der Waals surface area contributed by atoms with Crippen LogP contribution in [0.5, 0.6) is 0 Å². The Morgan fingerprint density at radius 2 is 1.21 bits per heavy atom. The molecule has 0 amide bonds. The maximum atomic E-state index is 12.8. The molecule has 13 heteroatoms. The molecule has 115 valence electrons. The summed E-state index contributed by atoms with van der Waals surface area (Å²) in [4.78, 5) is 0. The van der Waals surface area contributed by atoms with Crippen LogP contribution in [0.25, 0.3) is 0 Å². The summed E-state index contributed by atoms with van der Waals surface area (Å²) in [6.07, 6.45) is -7.07. The first kappa shape index (κ1) is 18.3. The van der Waals surface area contributed by atoms with Crippen molar-refractivity contribution in [3.8, 4) is 0 Å². The fraction of sp³-hybridized carbons (Fsp3) is 0.833. The molecular formula is C6H5F9NO2S. The van der Waals surface area contributed by atoms with E-state index in [9.17, 15) is 47.9 Å². The molecule has 0 aliphatic heterocycles. The molecule has 0 aromatic rings. The molecule has 0 saturated heterocycles. The Hall–Kier alpha value is -0.720. The number of nitrogens with one attached hydrogen (secondary N) is 1. The van der Waals surface area contributed by atoms with E-state index in [0.717, 1.165) is 0 Å². The molecule has 0 aromatic heterocycles. The summed E-state index contributed by atoms with van der Waals surface area (Å²) in [5, 5.41) is -6.70. The minimum absolute atomic E-state index is 0.622. The zero-order valence-electron chi connectivity index (χ0n) is 8.54. The molecule has 1 radical (unpaired) electrons. The molecule has 0 unspecified atom stereocenters. The van der Waals surface area contributed by atoms with Gasteiger partial charge in [0.15, 0.2) is 0 Å². The van der Waals surface area contributed by atoms with Crippen LogP contribution in [0.2, 0.25) is 0 Å². The molecular weight excluding hydrogens is 321 g/mol. The summed E-state index contributed by atoms with van der Waals surface area (Å²) in [6.45, 7) is 1.44. The van der Waals surface area contributed by atoms with Crippen molar-refractivity contribution in [2.45, 2.75) is 23.3 Å². The predicted molar refractivity (Wildman–Crippen MR) is 43.2 cm³/mol. The highest BCUT2D eigenvalue weighted by molar-refractivity contribution is 7.90. The van der Waals surface area contributed by atoms with Crippen LogP contribution in [0.1, 0.15) is 0 Å². The third kappa shape index (κ3) is 2.61. The summed E-state index contributed by atoms with van der Waals surface area (Å²) < 4.78 is 132. The monoisotopic (exact) mass is 326 g/mol. The third-order valence-corrected chi connectivity index (χ3v) is 3.26. The Kier molecular flexibility index (Phi) is 4.50. The quantitative estimate of drug-likeness (QED) is 0.787. The smallest absolute Gasteiger partial charge is 0.210 e. The lowest BCUT2D eigenvalue weighted by atomic mass is 10.1. The molecule has 0 fully saturated rings. The largest absolute Gasteiger partial charge is 0.460 e. The number of halogens is 9. The van der Waals surface area contributed by atoms with E-state index in [1.807, 2.05) is 0 Å². The van der Waals surface area contributed by atoms with Gasteiger partial charge in [-0.25, -0.2) is 13.1 Å². The normalized spacial score (nSPS) is 15.7. The minimum atomic E-state index is -7.25. The van der Waals surface area contributed by atoms with Crippen molar-refractivity contribution in [3.63, 3.8) is 0 Å². The number of rotatable bonds is 5. The Morgan fingerprint density at radius 1 is 0.842 bits per heavy atom. The van der Waals surface area contributed by atoms with Gasteiger partial charge in [0.1, 0.15) is 0 Å². The number of hydrogen-bond acceptors (Lipinski definition) is 2. The van der Waals surface area contributed by atoms with E-state index in [-0.39, 0.29) is 0 Å². The molecule has 0 rings (SSSR count). The van der Waals surface area contributed by atoms with Crippen molar-refractivity contribution in [1.82, 2.24) is 4.72 Å². The Labute approximate surface area is 100 Å². The molecule has 0 aromatic carbocycles. The summed E-state index contributed by atoms with van der Waals surface area (Å²) in [7, 11) is -6.49. The molecule has 0 atom stereocenters. The van der Waals surface area contributed by atoms with Crippen LogP contribution >= 0.6 is 0 Å². The first-order valence-corrected chi connectivity index (χ1v) is 5.53. The minimum Gasteiger partial charge on any atom is -0.210 e. The number of hydrogen-bond donors (Lipinski definition) is 1. The highest BCUT2D eigenvalue weighted by Crippen LogP contribution is 2.54. The molecule has 3 nitrogen and oxygen atoms in total.